The molecule has 0 saturated carbocycles. The molecule has 0 aromatic carbocycles. The molecule has 6 nitrogen and oxygen atoms in total. The van der Waals surface area contributed by atoms with Gasteiger partial charge in [-0.3, -0.25) is 14.5 Å². The second-order valence-corrected chi connectivity index (χ2v) is 4.74. The Labute approximate surface area is 116 Å². The molecule has 1 amide bonds. The van der Waals surface area contributed by atoms with Crippen LogP contribution in [-0.2, 0) is 4.74 Å². The van der Waals surface area contributed by atoms with E-state index in [4.69, 9.17) is 4.74 Å². The maximum atomic E-state index is 11.9. The minimum absolute atomic E-state index is 0.0773. The second-order valence-electron chi connectivity index (χ2n) is 4.74. The normalized spacial score (nSPS) is 17.6. The number of methoxy groups -OCH3 is 1. The summed E-state index contributed by atoms with van der Waals surface area (Å²) in [6.07, 6.45) is 4.26. The van der Waals surface area contributed by atoms with E-state index < -0.39 is 0 Å². The Morgan fingerprint density at radius 1 is 1.45 bits per heavy atom. The van der Waals surface area contributed by atoms with E-state index >= 15 is 0 Å². The first-order valence-electron chi connectivity index (χ1n) is 6.56. The van der Waals surface area contributed by atoms with E-state index in [-0.39, 0.29) is 11.9 Å². The molecule has 6 heteroatoms. The lowest BCUT2D eigenvalue weighted by Gasteiger charge is -2.24. The number of fused-ring (bicyclic) bond motifs is 1. The van der Waals surface area contributed by atoms with Crippen molar-refractivity contribution in [3.63, 3.8) is 0 Å². The lowest BCUT2D eigenvalue weighted by atomic mass is 10.1. The predicted molar refractivity (Wildman–Crippen MR) is 73.3 cm³/mol. The summed E-state index contributed by atoms with van der Waals surface area (Å²) in [6, 6.07) is 5.73. The van der Waals surface area contributed by atoms with Crippen LogP contribution in [-0.4, -0.2) is 40.9 Å². The molecule has 0 saturated heterocycles. The number of rotatable bonds is 4. The number of hydrogen-bond donors (Lipinski definition) is 1. The molecule has 2 aromatic rings. The molecule has 20 heavy (non-hydrogen) atoms. The first kappa shape index (κ1) is 12.8. The van der Waals surface area contributed by atoms with Crippen molar-refractivity contribution in [3.05, 3.63) is 36.3 Å². The van der Waals surface area contributed by atoms with E-state index in [9.17, 15) is 4.79 Å². The van der Waals surface area contributed by atoms with Crippen LogP contribution in [0.3, 0.4) is 0 Å². The van der Waals surface area contributed by atoms with Crippen molar-refractivity contribution in [2.45, 2.75) is 12.5 Å². The van der Waals surface area contributed by atoms with Gasteiger partial charge in [0.05, 0.1) is 11.7 Å². The molecule has 0 fully saturated rings. The van der Waals surface area contributed by atoms with Crippen LogP contribution >= 0.6 is 0 Å². The highest BCUT2D eigenvalue weighted by atomic mass is 16.5. The zero-order valence-electron chi connectivity index (χ0n) is 11.2. The number of ether oxygens (including phenoxy) is 1. The molecule has 2 aromatic heterocycles. The minimum atomic E-state index is -0.0773. The summed E-state index contributed by atoms with van der Waals surface area (Å²) in [5.41, 5.74) is 2.35. The first-order valence-corrected chi connectivity index (χ1v) is 6.56. The molecule has 1 aliphatic heterocycles. The summed E-state index contributed by atoms with van der Waals surface area (Å²) in [7, 11) is 1.67. The molecule has 3 heterocycles. The lowest BCUT2D eigenvalue weighted by Crippen LogP contribution is -2.39. The predicted octanol–water partition coefficient (Wildman–Crippen LogP) is 1.27. The van der Waals surface area contributed by atoms with Gasteiger partial charge in [-0.15, -0.1) is 0 Å². The average molecular weight is 272 g/mol. The van der Waals surface area contributed by atoms with Gasteiger partial charge < -0.3 is 10.1 Å². The van der Waals surface area contributed by atoms with E-state index in [0.29, 0.717) is 18.8 Å². The quantitative estimate of drug-likeness (QED) is 0.910. The van der Waals surface area contributed by atoms with Gasteiger partial charge in [0.15, 0.2) is 0 Å². The Bertz CT molecular complexity index is 609. The molecular formula is C14H16N4O2. The standard InChI is InChI=1S/C14H16N4O2/c1-20-7-4-11-9-16-14(19)13-8-12(17-18(11)13)10-2-5-15-6-3-10/h2-3,5-6,8,11H,4,7,9H2,1H3,(H,16,19). The maximum absolute atomic E-state index is 11.9. The molecular weight excluding hydrogens is 256 g/mol. The van der Waals surface area contributed by atoms with Crippen LogP contribution in [0, 0.1) is 0 Å². The van der Waals surface area contributed by atoms with Crippen LogP contribution in [0.1, 0.15) is 23.0 Å². The topological polar surface area (TPSA) is 69.0 Å². The Kier molecular flexibility index (Phi) is 3.47. The Morgan fingerprint density at radius 3 is 3.00 bits per heavy atom. The maximum Gasteiger partial charge on any atom is 0.269 e. The monoisotopic (exact) mass is 272 g/mol. The van der Waals surface area contributed by atoms with E-state index in [2.05, 4.69) is 15.4 Å². The number of nitrogens with zero attached hydrogens (tertiary/aromatic N) is 3. The zero-order valence-corrected chi connectivity index (χ0v) is 11.2. The van der Waals surface area contributed by atoms with Crippen LogP contribution in [0.15, 0.2) is 30.6 Å². The van der Waals surface area contributed by atoms with Crippen molar-refractivity contribution < 1.29 is 9.53 Å². The molecule has 1 atom stereocenters. The third-order valence-electron chi connectivity index (χ3n) is 3.44. The number of nitrogens with one attached hydrogen (secondary N) is 1. The third kappa shape index (κ3) is 2.30. The van der Waals surface area contributed by atoms with Gasteiger partial charge in [-0.05, 0) is 24.6 Å². The molecule has 1 N–H and O–H groups in total. The highest BCUT2D eigenvalue weighted by Gasteiger charge is 2.27. The van der Waals surface area contributed by atoms with E-state index in [1.54, 1.807) is 19.5 Å². The fraction of sp³-hybridized carbons (Fsp3) is 0.357. The number of carbonyl (C=O) groups is 1. The summed E-state index contributed by atoms with van der Waals surface area (Å²) in [6.45, 7) is 1.23. The number of aromatic nitrogens is 3. The van der Waals surface area contributed by atoms with Crippen molar-refractivity contribution in [3.8, 4) is 11.3 Å². The Hall–Kier alpha value is -2.21. The van der Waals surface area contributed by atoms with Crippen molar-refractivity contribution in [1.29, 1.82) is 0 Å². The summed E-state index contributed by atoms with van der Waals surface area (Å²) >= 11 is 0. The number of hydrogen-bond acceptors (Lipinski definition) is 4. The van der Waals surface area contributed by atoms with E-state index in [0.717, 1.165) is 17.7 Å². The average Bonchev–Trinajstić information content (AvgIpc) is 2.94. The number of carbonyl (C=O) groups excluding carboxylic acids is 1. The number of pyridine rings is 1. The largest absolute Gasteiger partial charge is 0.385 e. The summed E-state index contributed by atoms with van der Waals surface area (Å²) in [4.78, 5) is 15.9. The molecule has 104 valence electrons. The summed E-state index contributed by atoms with van der Waals surface area (Å²) in [5, 5.41) is 7.47. The molecule has 0 radical (unpaired) electrons. The lowest BCUT2D eigenvalue weighted by molar-refractivity contribution is 0.0895. The molecule has 1 unspecified atom stereocenters. The molecule has 3 rings (SSSR count). The van der Waals surface area contributed by atoms with Gasteiger partial charge in [0.25, 0.3) is 5.91 Å². The van der Waals surface area contributed by atoms with Crippen molar-refractivity contribution in [2.75, 3.05) is 20.3 Å². The van der Waals surface area contributed by atoms with Crippen LogP contribution < -0.4 is 5.32 Å². The SMILES string of the molecule is COCCC1CNC(=O)c2cc(-c3ccncc3)nn21. The van der Waals surface area contributed by atoms with Crippen LogP contribution in [0.25, 0.3) is 11.3 Å². The molecule has 0 bridgehead atoms. The van der Waals surface area contributed by atoms with Gasteiger partial charge in [0.1, 0.15) is 5.69 Å². The fourth-order valence-electron chi connectivity index (χ4n) is 2.37. The van der Waals surface area contributed by atoms with Gasteiger partial charge in [0.2, 0.25) is 0 Å². The summed E-state index contributed by atoms with van der Waals surface area (Å²) in [5.74, 6) is -0.0773. The van der Waals surface area contributed by atoms with Crippen LogP contribution in [0.5, 0.6) is 0 Å². The molecule has 1 aliphatic rings. The van der Waals surface area contributed by atoms with E-state index in [1.165, 1.54) is 0 Å². The van der Waals surface area contributed by atoms with Crippen molar-refractivity contribution in [2.24, 2.45) is 0 Å². The van der Waals surface area contributed by atoms with Gasteiger partial charge in [-0.1, -0.05) is 0 Å². The summed E-state index contributed by atoms with van der Waals surface area (Å²) < 4.78 is 6.93. The van der Waals surface area contributed by atoms with Gasteiger partial charge >= 0.3 is 0 Å². The van der Waals surface area contributed by atoms with E-state index in [1.807, 2.05) is 22.9 Å². The Balaban J connectivity index is 1.96. The van der Waals surface area contributed by atoms with Gasteiger partial charge in [0, 0.05) is 38.2 Å². The third-order valence-corrected chi connectivity index (χ3v) is 3.44. The smallest absolute Gasteiger partial charge is 0.269 e. The first-order chi connectivity index (χ1) is 9.79. The second kappa shape index (κ2) is 5.42. The molecule has 0 aliphatic carbocycles. The van der Waals surface area contributed by atoms with Gasteiger partial charge in [-0.25, -0.2) is 0 Å². The number of amides is 1. The fourth-order valence-corrected chi connectivity index (χ4v) is 2.37. The Morgan fingerprint density at radius 2 is 2.25 bits per heavy atom. The van der Waals surface area contributed by atoms with Gasteiger partial charge in [-0.2, -0.15) is 5.10 Å². The molecule has 0 spiro atoms. The minimum Gasteiger partial charge on any atom is -0.385 e. The van der Waals surface area contributed by atoms with Crippen LogP contribution in [0.2, 0.25) is 0 Å². The van der Waals surface area contributed by atoms with Crippen LogP contribution in [0.4, 0.5) is 0 Å². The van der Waals surface area contributed by atoms with Crippen molar-refractivity contribution >= 4 is 5.91 Å². The highest BCUT2D eigenvalue weighted by molar-refractivity contribution is 5.94. The van der Waals surface area contributed by atoms with Crippen molar-refractivity contribution in [1.82, 2.24) is 20.1 Å². The zero-order chi connectivity index (χ0) is 13.9. The highest BCUT2D eigenvalue weighted by Crippen LogP contribution is 2.24.